The molecule has 0 spiro atoms. The fourth-order valence-corrected chi connectivity index (χ4v) is 3.63. The van der Waals surface area contributed by atoms with Crippen LogP contribution in [0.15, 0.2) is 72.8 Å². The van der Waals surface area contributed by atoms with E-state index in [9.17, 15) is 18.0 Å². The molecular formula is C23H21ClN2O4S. The van der Waals surface area contributed by atoms with Crippen LogP contribution in [-0.2, 0) is 21.2 Å². The summed E-state index contributed by atoms with van der Waals surface area (Å²) in [6.45, 7) is 0. The van der Waals surface area contributed by atoms with Gasteiger partial charge in [0.1, 0.15) is 0 Å². The van der Waals surface area contributed by atoms with E-state index >= 15 is 0 Å². The van der Waals surface area contributed by atoms with Gasteiger partial charge in [0.25, 0.3) is 0 Å². The van der Waals surface area contributed by atoms with Gasteiger partial charge in [0.2, 0.25) is 15.9 Å². The van der Waals surface area contributed by atoms with Gasteiger partial charge in [0.15, 0.2) is 5.78 Å². The molecule has 0 bridgehead atoms. The molecule has 0 saturated carbocycles. The third-order valence-electron chi connectivity index (χ3n) is 4.70. The van der Waals surface area contributed by atoms with Crippen molar-refractivity contribution < 1.29 is 18.0 Å². The molecule has 0 aliphatic carbocycles. The van der Waals surface area contributed by atoms with E-state index in [-0.39, 0.29) is 18.1 Å². The Morgan fingerprint density at radius 1 is 0.968 bits per heavy atom. The first-order chi connectivity index (χ1) is 14.6. The Morgan fingerprint density at radius 3 is 2.23 bits per heavy atom. The first kappa shape index (κ1) is 22.5. The van der Waals surface area contributed by atoms with Crippen LogP contribution in [0, 0.1) is 0 Å². The summed E-state index contributed by atoms with van der Waals surface area (Å²) in [5.74, 6) is -0.555. The Morgan fingerprint density at radius 2 is 1.61 bits per heavy atom. The second kappa shape index (κ2) is 9.32. The van der Waals surface area contributed by atoms with Crippen molar-refractivity contribution in [2.45, 2.75) is 6.42 Å². The summed E-state index contributed by atoms with van der Waals surface area (Å²) in [6.07, 6.45) is 1.18. The number of rotatable bonds is 7. The Kier molecular flexibility index (Phi) is 6.77. The van der Waals surface area contributed by atoms with Crippen molar-refractivity contribution in [2.24, 2.45) is 0 Å². The molecule has 0 aliphatic heterocycles. The number of ketones is 1. The molecule has 0 radical (unpaired) electrons. The highest BCUT2D eigenvalue weighted by Crippen LogP contribution is 2.24. The Hall–Kier alpha value is -3.16. The van der Waals surface area contributed by atoms with Crippen molar-refractivity contribution in [1.29, 1.82) is 0 Å². The molecular weight excluding hydrogens is 436 g/mol. The number of amides is 1. The van der Waals surface area contributed by atoms with Crippen molar-refractivity contribution >= 4 is 44.7 Å². The molecule has 31 heavy (non-hydrogen) atoms. The zero-order valence-corrected chi connectivity index (χ0v) is 18.6. The summed E-state index contributed by atoms with van der Waals surface area (Å²) in [6, 6.07) is 20.1. The van der Waals surface area contributed by atoms with Crippen LogP contribution in [0.5, 0.6) is 0 Å². The van der Waals surface area contributed by atoms with Crippen molar-refractivity contribution in [2.75, 3.05) is 22.9 Å². The van der Waals surface area contributed by atoms with Crippen LogP contribution >= 0.6 is 11.6 Å². The predicted molar refractivity (Wildman–Crippen MR) is 123 cm³/mol. The summed E-state index contributed by atoms with van der Waals surface area (Å²) in [7, 11) is -1.90. The average molecular weight is 457 g/mol. The summed E-state index contributed by atoms with van der Waals surface area (Å²) in [5, 5.41) is 3.17. The predicted octanol–water partition coefficient (Wildman–Crippen LogP) is 4.15. The number of halogens is 1. The van der Waals surface area contributed by atoms with Gasteiger partial charge in [-0.05, 0) is 35.9 Å². The minimum atomic E-state index is -3.36. The maximum absolute atomic E-state index is 12.9. The van der Waals surface area contributed by atoms with E-state index in [0.717, 1.165) is 10.6 Å². The van der Waals surface area contributed by atoms with E-state index in [0.29, 0.717) is 33.1 Å². The number of sulfonamides is 1. The van der Waals surface area contributed by atoms with Crippen LogP contribution in [0.3, 0.4) is 0 Å². The molecule has 3 rings (SSSR count). The summed E-state index contributed by atoms with van der Waals surface area (Å²) in [5.41, 5.74) is 2.37. The number of nitrogens with zero attached hydrogens (tertiary/aromatic N) is 1. The van der Waals surface area contributed by atoms with E-state index in [1.54, 1.807) is 60.7 Å². The van der Waals surface area contributed by atoms with Crippen LogP contribution in [0.2, 0.25) is 5.02 Å². The quantitative estimate of drug-likeness (QED) is 0.541. The normalized spacial score (nSPS) is 11.1. The smallest absolute Gasteiger partial charge is 0.231 e. The zero-order chi connectivity index (χ0) is 22.6. The number of benzene rings is 3. The van der Waals surface area contributed by atoms with Gasteiger partial charge < -0.3 is 5.32 Å². The Labute approximate surface area is 186 Å². The van der Waals surface area contributed by atoms with Crippen LogP contribution in [-0.4, -0.2) is 33.4 Å². The lowest BCUT2D eigenvalue weighted by Gasteiger charge is -2.16. The third-order valence-corrected chi connectivity index (χ3v) is 6.14. The molecule has 6 nitrogen and oxygen atoms in total. The highest BCUT2D eigenvalue weighted by Gasteiger charge is 2.17. The van der Waals surface area contributed by atoms with E-state index in [1.807, 2.05) is 6.07 Å². The highest BCUT2D eigenvalue weighted by molar-refractivity contribution is 7.92. The topological polar surface area (TPSA) is 83.6 Å². The fourth-order valence-electron chi connectivity index (χ4n) is 2.95. The number of carbonyl (C=O) groups is 2. The van der Waals surface area contributed by atoms with Crippen LogP contribution < -0.4 is 9.62 Å². The highest BCUT2D eigenvalue weighted by atomic mass is 35.5. The Balaban J connectivity index is 1.76. The van der Waals surface area contributed by atoms with Crippen molar-refractivity contribution in [1.82, 2.24) is 0 Å². The number of carbonyl (C=O) groups excluding carboxylic acids is 2. The first-order valence-electron chi connectivity index (χ1n) is 9.37. The van der Waals surface area contributed by atoms with Crippen molar-refractivity contribution in [3.63, 3.8) is 0 Å². The second-order valence-electron chi connectivity index (χ2n) is 7.01. The molecule has 3 aromatic rings. The SMILES string of the molecule is CN(c1ccc(CC(=O)Nc2ccc(Cl)cc2C(=O)c2ccccc2)cc1)S(C)(=O)=O. The molecule has 0 aliphatic rings. The third kappa shape index (κ3) is 5.71. The number of nitrogens with one attached hydrogen (secondary N) is 1. The molecule has 0 fully saturated rings. The zero-order valence-electron chi connectivity index (χ0n) is 17.0. The number of hydrogen-bond donors (Lipinski definition) is 1. The standard InChI is InChI=1S/C23H21ClN2O4S/c1-26(31(2,29)30)19-11-8-16(9-12-19)14-22(27)25-21-13-10-18(24)15-20(21)23(28)17-6-4-3-5-7-17/h3-13,15H,14H2,1-2H3,(H,25,27). The molecule has 1 N–H and O–H groups in total. The van der Waals surface area contributed by atoms with Gasteiger partial charge in [-0.25, -0.2) is 8.42 Å². The minimum Gasteiger partial charge on any atom is -0.325 e. The summed E-state index contributed by atoms with van der Waals surface area (Å²) < 4.78 is 24.4. The molecule has 0 saturated heterocycles. The maximum Gasteiger partial charge on any atom is 0.231 e. The largest absolute Gasteiger partial charge is 0.325 e. The maximum atomic E-state index is 12.9. The van der Waals surface area contributed by atoms with E-state index in [1.165, 1.54) is 13.1 Å². The van der Waals surface area contributed by atoms with Crippen molar-refractivity contribution in [3.8, 4) is 0 Å². The summed E-state index contributed by atoms with van der Waals surface area (Å²) in [4.78, 5) is 25.5. The molecule has 160 valence electrons. The Bertz CT molecular complexity index is 1210. The van der Waals surface area contributed by atoms with Gasteiger partial charge in [-0.3, -0.25) is 13.9 Å². The molecule has 1 amide bonds. The van der Waals surface area contributed by atoms with E-state index < -0.39 is 10.0 Å². The van der Waals surface area contributed by atoms with Crippen LogP contribution in [0.25, 0.3) is 0 Å². The lowest BCUT2D eigenvalue weighted by atomic mass is 10.0. The molecule has 0 atom stereocenters. The van der Waals surface area contributed by atoms with E-state index in [2.05, 4.69) is 5.32 Å². The molecule has 8 heteroatoms. The number of hydrogen-bond acceptors (Lipinski definition) is 4. The van der Waals surface area contributed by atoms with Gasteiger partial charge in [-0.1, -0.05) is 54.1 Å². The van der Waals surface area contributed by atoms with Gasteiger partial charge in [-0.2, -0.15) is 0 Å². The molecule has 0 aromatic heterocycles. The van der Waals surface area contributed by atoms with Gasteiger partial charge in [-0.15, -0.1) is 0 Å². The lowest BCUT2D eigenvalue weighted by Crippen LogP contribution is -2.24. The average Bonchev–Trinajstić information content (AvgIpc) is 2.74. The second-order valence-corrected chi connectivity index (χ2v) is 9.46. The molecule has 3 aromatic carbocycles. The fraction of sp³-hybridized carbons (Fsp3) is 0.130. The van der Waals surface area contributed by atoms with E-state index in [4.69, 9.17) is 11.6 Å². The number of anilines is 2. The van der Waals surface area contributed by atoms with Crippen LogP contribution in [0.4, 0.5) is 11.4 Å². The first-order valence-corrected chi connectivity index (χ1v) is 11.6. The summed E-state index contributed by atoms with van der Waals surface area (Å²) >= 11 is 6.08. The van der Waals surface area contributed by atoms with Crippen molar-refractivity contribution in [3.05, 3.63) is 94.5 Å². The molecule has 0 unspecified atom stereocenters. The minimum absolute atomic E-state index is 0.0600. The van der Waals surface area contributed by atoms with Gasteiger partial charge >= 0.3 is 0 Å². The van der Waals surface area contributed by atoms with Gasteiger partial charge in [0, 0.05) is 23.2 Å². The molecule has 0 heterocycles. The lowest BCUT2D eigenvalue weighted by molar-refractivity contribution is -0.115. The van der Waals surface area contributed by atoms with Crippen LogP contribution in [0.1, 0.15) is 21.5 Å². The van der Waals surface area contributed by atoms with Gasteiger partial charge in [0.05, 0.1) is 24.1 Å². The monoisotopic (exact) mass is 456 g/mol.